The van der Waals surface area contributed by atoms with E-state index in [9.17, 15) is 9.59 Å². The van der Waals surface area contributed by atoms with Gasteiger partial charge in [0.2, 0.25) is 0 Å². The lowest BCUT2D eigenvalue weighted by Crippen LogP contribution is -2.32. The molecule has 0 saturated heterocycles. The molecule has 4 nitrogen and oxygen atoms in total. The number of hydrogen-bond acceptors (Lipinski definition) is 3. The zero-order valence-electron chi connectivity index (χ0n) is 6.49. The number of carbonyl (C=O) groups excluding carboxylic acids is 1. The number of carboxylic acids is 1. The van der Waals surface area contributed by atoms with Gasteiger partial charge in [-0.05, 0) is 5.92 Å². The molecule has 0 aliphatic carbocycles. The predicted molar refractivity (Wildman–Crippen MR) is 40.1 cm³/mol. The van der Waals surface area contributed by atoms with Gasteiger partial charge in [0.25, 0.3) is 0 Å². The van der Waals surface area contributed by atoms with Crippen LogP contribution in [-0.2, 0) is 9.59 Å². The van der Waals surface area contributed by atoms with E-state index >= 15 is 0 Å². The molecule has 64 valence electrons. The van der Waals surface area contributed by atoms with Crippen LogP contribution in [0.15, 0.2) is 0 Å². The van der Waals surface area contributed by atoms with E-state index in [1.54, 1.807) is 0 Å². The topological polar surface area (TPSA) is 80.4 Å². The summed E-state index contributed by atoms with van der Waals surface area (Å²) in [4.78, 5) is 20.4. The van der Waals surface area contributed by atoms with Crippen molar-refractivity contribution in [2.45, 2.75) is 25.8 Å². The van der Waals surface area contributed by atoms with Gasteiger partial charge in [0, 0.05) is 0 Å². The second-order valence-corrected chi connectivity index (χ2v) is 2.48. The quantitative estimate of drug-likeness (QED) is 0.554. The number of nitrogens with two attached hydrogens (primary N) is 1. The van der Waals surface area contributed by atoms with Gasteiger partial charge in [0.1, 0.15) is 6.29 Å². The molecule has 0 amide bonds. The van der Waals surface area contributed by atoms with Crippen LogP contribution in [0.1, 0.15) is 19.8 Å². The summed E-state index contributed by atoms with van der Waals surface area (Å²) in [6.45, 7) is 1.82. The Labute approximate surface area is 65.4 Å². The van der Waals surface area contributed by atoms with Crippen molar-refractivity contribution in [3.05, 3.63) is 0 Å². The van der Waals surface area contributed by atoms with Crippen LogP contribution in [0.25, 0.3) is 0 Å². The molecule has 0 bridgehead atoms. The molecule has 0 aromatic rings. The fraction of sp³-hybridized carbons (Fsp3) is 0.714. The van der Waals surface area contributed by atoms with Gasteiger partial charge in [-0.3, -0.25) is 4.79 Å². The van der Waals surface area contributed by atoms with Crippen molar-refractivity contribution in [2.24, 2.45) is 11.7 Å². The fourth-order valence-corrected chi connectivity index (χ4v) is 0.888. The van der Waals surface area contributed by atoms with Crippen LogP contribution in [0.4, 0.5) is 0 Å². The molecule has 0 rings (SSSR count). The lowest BCUT2D eigenvalue weighted by atomic mass is 9.95. The Bertz CT molecular complexity index is 147. The first-order chi connectivity index (χ1) is 5.11. The highest BCUT2D eigenvalue weighted by molar-refractivity contribution is 5.68. The van der Waals surface area contributed by atoms with E-state index in [1.807, 2.05) is 6.92 Å². The third-order valence-corrected chi connectivity index (χ3v) is 1.66. The Morgan fingerprint density at radius 2 is 2.27 bits per heavy atom. The Morgan fingerprint density at radius 3 is 2.55 bits per heavy atom. The van der Waals surface area contributed by atoms with Crippen LogP contribution in [0.2, 0.25) is 0 Å². The van der Waals surface area contributed by atoms with Gasteiger partial charge >= 0.3 is 5.97 Å². The summed E-state index contributed by atoms with van der Waals surface area (Å²) >= 11 is 0. The minimum Gasteiger partial charge on any atom is -0.481 e. The maximum absolute atomic E-state index is 10.2. The number of aliphatic carboxylic acids is 1. The van der Waals surface area contributed by atoms with Crippen molar-refractivity contribution in [3.8, 4) is 0 Å². The van der Waals surface area contributed by atoms with Crippen molar-refractivity contribution in [1.29, 1.82) is 0 Å². The Hall–Kier alpha value is -0.900. The van der Waals surface area contributed by atoms with Crippen LogP contribution >= 0.6 is 0 Å². The summed E-state index contributed by atoms with van der Waals surface area (Å²) in [6, 6.07) is -0.643. The zero-order chi connectivity index (χ0) is 8.85. The maximum atomic E-state index is 10.2. The first-order valence-corrected chi connectivity index (χ1v) is 3.54. The summed E-state index contributed by atoms with van der Waals surface area (Å²) in [6.07, 6.45) is 1.18. The van der Waals surface area contributed by atoms with Gasteiger partial charge in [-0.15, -0.1) is 0 Å². The van der Waals surface area contributed by atoms with Crippen molar-refractivity contribution >= 4 is 12.3 Å². The van der Waals surface area contributed by atoms with Crippen molar-refractivity contribution < 1.29 is 14.7 Å². The predicted octanol–water partition coefficient (Wildman–Crippen LogP) is 0.0135. The average Bonchev–Trinajstić information content (AvgIpc) is 1.98. The third kappa shape index (κ3) is 3.72. The number of carbonyl (C=O) groups is 2. The molecule has 2 atom stereocenters. The van der Waals surface area contributed by atoms with Crippen LogP contribution in [0.5, 0.6) is 0 Å². The molecule has 4 heteroatoms. The standard InChI is InChI=1S/C7H13NO3/c1-2-5(3-7(10)11)6(8)4-9/h4-6H,2-3,8H2,1H3,(H,10,11)/t5?,6-/m1/s1. The zero-order valence-corrected chi connectivity index (χ0v) is 6.49. The molecule has 0 saturated carbocycles. The lowest BCUT2D eigenvalue weighted by Gasteiger charge is -2.14. The molecule has 0 aromatic carbocycles. The number of aldehydes is 1. The highest BCUT2D eigenvalue weighted by Crippen LogP contribution is 2.10. The normalized spacial score (nSPS) is 15.5. The van der Waals surface area contributed by atoms with E-state index < -0.39 is 12.0 Å². The second-order valence-electron chi connectivity index (χ2n) is 2.48. The van der Waals surface area contributed by atoms with E-state index in [1.165, 1.54) is 0 Å². The van der Waals surface area contributed by atoms with Gasteiger partial charge in [0.15, 0.2) is 0 Å². The van der Waals surface area contributed by atoms with Gasteiger partial charge in [-0.2, -0.15) is 0 Å². The minimum absolute atomic E-state index is 0.0313. The molecule has 1 unspecified atom stereocenters. The van der Waals surface area contributed by atoms with Crippen LogP contribution in [-0.4, -0.2) is 23.4 Å². The Balaban J connectivity index is 3.93. The van der Waals surface area contributed by atoms with E-state index in [4.69, 9.17) is 10.8 Å². The third-order valence-electron chi connectivity index (χ3n) is 1.66. The first-order valence-electron chi connectivity index (χ1n) is 3.54. The van der Waals surface area contributed by atoms with Gasteiger partial charge in [0.05, 0.1) is 12.5 Å². The average molecular weight is 159 g/mol. The Kier molecular flexibility index (Phi) is 4.45. The number of rotatable bonds is 5. The monoisotopic (exact) mass is 159 g/mol. The van der Waals surface area contributed by atoms with Gasteiger partial charge in [-0.1, -0.05) is 13.3 Å². The lowest BCUT2D eigenvalue weighted by molar-refractivity contribution is -0.138. The maximum Gasteiger partial charge on any atom is 0.303 e. The molecule has 0 aliphatic heterocycles. The van der Waals surface area contributed by atoms with Gasteiger partial charge < -0.3 is 15.6 Å². The van der Waals surface area contributed by atoms with E-state index in [-0.39, 0.29) is 12.3 Å². The van der Waals surface area contributed by atoms with Crippen molar-refractivity contribution in [1.82, 2.24) is 0 Å². The van der Waals surface area contributed by atoms with Gasteiger partial charge in [-0.25, -0.2) is 0 Å². The molecule has 0 spiro atoms. The van der Waals surface area contributed by atoms with Crippen LogP contribution in [0.3, 0.4) is 0 Å². The molecule has 0 aliphatic rings. The number of carboxylic acid groups (broad SMARTS) is 1. The highest BCUT2D eigenvalue weighted by Gasteiger charge is 2.17. The van der Waals surface area contributed by atoms with E-state index in [0.717, 1.165) is 0 Å². The molecule has 0 heterocycles. The molecule has 0 aromatic heterocycles. The molecular formula is C7H13NO3. The first kappa shape index (κ1) is 10.1. The Morgan fingerprint density at radius 1 is 1.73 bits per heavy atom. The molecule has 0 radical (unpaired) electrons. The molecule has 0 fully saturated rings. The number of hydrogen-bond donors (Lipinski definition) is 2. The second kappa shape index (κ2) is 4.85. The SMILES string of the molecule is CCC(CC(=O)O)[C@H](N)C=O. The summed E-state index contributed by atoms with van der Waals surface area (Å²) in [5.74, 6) is -1.14. The van der Waals surface area contributed by atoms with E-state index in [2.05, 4.69) is 0 Å². The molecule has 3 N–H and O–H groups in total. The van der Waals surface area contributed by atoms with Crippen molar-refractivity contribution in [3.63, 3.8) is 0 Å². The van der Waals surface area contributed by atoms with E-state index in [0.29, 0.717) is 12.7 Å². The molecule has 11 heavy (non-hydrogen) atoms. The summed E-state index contributed by atoms with van der Waals surface area (Å²) in [7, 11) is 0. The van der Waals surface area contributed by atoms with Crippen molar-refractivity contribution in [2.75, 3.05) is 0 Å². The smallest absolute Gasteiger partial charge is 0.303 e. The summed E-state index contributed by atoms with van der Waals surface area (Å²) in [5, 5.41) is 8.39. The largest absolute Gasteiger partial charge is 0.481 e. The summed E-state index contributed by atoms with van der Waals surface area (Å²) in [5.41, 5.74) is 5.34. The summed E-state index contributed by atoms with van der Waals surface area (Å²) < 4.78 is 0. The van der Waals surface area contributed by atoms with Crippen LogP contribution < -0.4 is 5.73 Å². The van der Waals surface area contributed by atoms with Crippen LogP contribution in [0, 0.1) is 5.92 Å². The fourth-order valence-electron chi connectivity index (χ4n) is 0.888. The highest BCUT2D eigenvalue weighted by atomic mass is 16.4. The molecular weight excluding hydrogens is 146 g/mol. The minimum atomic E-state index is -0.908.